The lowest BCUT2D eigenvalue weighted by molar-refractivity contribution is 0.354. The van der Waals surface area contributed by atoms with E-state index in [1.165, 1.54) is 32.4 Å². The number of sulfonamides is 1. The van der Waals surface area contributed by atoms with Crippen LogP contribution in [0.15, 0.2) is 41.3 Å². The van der Waals surface area contributed by atoms with Crippen molar-refractivity contribution in [1.82, 2.24) is 0 Å². The molecule has 0 radical (unpaired) electrons. The van der Waals surface area contributed by atoms with Gasteiger partial charge in [0.05, 0.1) is 19.1 Å². The predicted molar refractivity (Wildman–Crippen MR) is 76.7 cm³/mol. The zero-order valence-corrected chi connectivity index (χ0v) is 12.6. The Morgan fingerprint density at radius 2 is 1.55 bits per heavy atom. The maximum atomic E-state index is 13.5. The highest BCUT2D eigenvalue weighted by atomic mass is 32.2. The number of ether oxygens (including phenoxy) is 2. The van der Waals surface area contributed by atoms with Crippen molar-refractivity contribution in [2.75, 3.05) is 18.9 Å². The molecule has 0 bridgehead atoms. The van der Waals surface area contributed by atoms with Crippen molar-refractivity contribution >= 4 is 15.7 Å². The van der Waals surface area contributed by atoms with E-state index in [1.54, 1.807) is 0 Å². The van der Waals surface area contributed by atoms with Gasteiger partial charge in [0.1, 0.15) is 17.3 Å². The van der Waals surface area contributed by atoms with Gasteiger partial charge in [-0.3, -0.25) is 4.72 Å². The molecule has 0 atom stereocenters. The molecule has 22 heavy (non-hydrogen) atoms. The highest BCUT2D eigenvalue weighted by molar-refractivity contribution is 7.92. The molecule has 0 aliphatic carbocycles. The molecule has 0 aliphatic rings. The third-order valence-corrected chi connectivity index (χ3v) is 4.21. The standard InChI is InChI=1S/C14H13F2NO4S/c1-20-12-7-6-9(8-13(12)21-2)22(18,19)17-14-10(15)4-3-5-11(14)16/h3-8,17H,1-2H3. The monoisotopic (exact) mass is 329 g/mol. The highest BCUT2D eigenvalue weighted by Gasteiger charge is 2.20. The lowest BCUT2D eigenvalue weighted by Gasteiger charge is -2.12. The molecule has 0 saturated carbocycles. The number of anilines is 1. The summed E-state index contributed by atoms with van der Waals surface area (Å²) in [7, 11) is -1.43. The SMILES string of the molecule is COc1ccc(S(=O)(=O)Nc2c(F)cccc2F)cc1OC. The molecule has 0 aromatic heterocycles. The van der Waals surface area contributed by atoms with Crippen molar-refractivity contribution in [2.24, 2.45) is 0 Å². The normalized spacial score (nSPS) is 11.1. The Balaban J connectivity index is 2.43. The summed E-state index contributed by atoms with van der Waals surface area (Å²) >= 11 is 0. The fourth-order valence-corrected chi connectivity index (χ4v) is 2.86. The Hall–Kier alpha value is -2.35. The molecule has 118 valence electrons. The van der Waals surface area contributed by atoms with Gasteiger partial charge >= 0.3 is 0 Å². The van der Waals surface area contributed by atoms with Crippen LogP contribution in [0.5, 0.6) is 11.5 Å². The van der Waals surface area contributed by atoms with Crippen molar-refractivity contribution in [3.8, 4) is 11.5 Å². The van der Waals surface area contributed by atoms with E-state index in [1.807, 2.05) is 4.72 Å². The van der Waals surface area contributed by atoms with E-state index in [2.05, 4.69) is 0 Å². The van der Waals surface area contributed by atoms with Crippen LogP contribution in [0.3, 0.4) is 0 Å². The molecule has 2 rings (SSSR count). The number of rotatable bonds is 5. The third-order valence-electron chi connectivity index (χ3n) is 2.86. The van der Waals surface area contributed by atoms with E-state index in [0.717, 1.165) is 18.2 Å². The van der Waals surface area contributed by atoms with Crippen molar-refractivity contribution < 1.29 is 26.7 Å². The van der Waals surface area contributed by atoms with Gasteiger partial charge in [-0.05, 0) is 24.3 Å². The van der Waals surface area contributed by atoms with Gasteiger partial charge in [-0.2, -0.15) is 0 Å². The maximum absolute atomic E-state index is 13.5. The summed E-state index contributed by atoms with van der Waals surface area (Å²) in [5.41, 5.74) is -0.739. The minimum Gasteiger partial charge on any atom is -0.493 e. The molecule has 2 aromatic rings. The number of methoxy groups -OCH3 is 2. The third kappa shape index (κ3) is 3.11. The number of hydrogen-bond donors (Lipinski definition) is 1. The lowest BCUT2D eigenvalue weighted by Crippen LogP contribution is -2.15. The molecule has 1 N–H and O–H groups in total. The van der Waals surface area contributed by atoms with E-state index in [-0.39, 0.29) is 10.6 Å². The van der Waals surface area contributed by atoms with Crippen LogP contribution in [-0.2, 0) is 10.0 Å². The zero-order chi connectivity index (χ0) is 16.3. The minimum atomic E-state index is -4.18. The van der Waals surface area contributed by atoms with Crippen LogP contribution in [0, 0.1) is 11.6 Å². The second kappa shape index (κ2) is 6.18. The van der Waals surface area contributed by atoms with Crippen LogP contribution < -0.4 is 14.2 Å². The Kier molecular flexibility index (Phi) is 4.51. The molecule has 0 aliphatic heterocycles. The van der Waals surface area contributed by atoms with E-state index in [0.29, 0.717) is 5.75 Å². The molecule has 0 saturated heterocycles. The molecule has 0 fully saturated rings. The minimum absolute atomic E-state index is 0.180. The van der Waals surface area contributed by atoms with Gasteiger partial charge in [0.2, 0.25) is 0 Å². The van der Waals surface area contributed by atoms with E-state index in [4.69, 9.17) is 9.47 Å². The molecule has 0 heterocycles. The lowest BCUT2D eigenvalue weighted by atomic mass is 10.3. The maximum Gasteiger partial charge on any atom is 0.262 e. The summed E-state index contributed by atoms with van der Waals surface area (Å²) in [5.74, 6) is -1.51. The van der Waals surface area contributed by atoms with E-state index in [9.17, 15) is 17.2 Å². The summed E-state index contributed by atoms with van der Waals surface area (Å²) in [4.78, 5) is -0.215. The summed E-state index contributed by atoms with van der Waals surface area (Å²) in [5, 5.41) is 0. The number of para-hydroxylation sites is 1. The van der Waals surface area contributed by atoms with Gasteiger partial charge < -0.3 is 9.47 Å². The average Bonchev–Trinajstić information content (AvgIpc) is 2.50. The second-order valence-corrected chi connectivity index (χ2v) is 5.90. The van der Waals surface area contributed by atoms with Gasteiger partial charge in [-0.1, -0.05) is 6.07 Å². The van der Waals surface area contributed by atoms with Crippen LogP contribution in [0.4, 0.5) is 14.5 Å². The number of hydrogen-bond acceptors (Lipinski definition) is 4. The summed E-state index contributed by atoms with van der Waals surface area (Å²) < 4.78 is 63.5. The predicted octanol–water partition coefficient (Wildman–Crippen LogP) is 2.78. The smallest absolute Gasteiger partial charge is 0.262 e. The fourth-order valence-electron chi connectivity index (χ4n) is 1.77. The Bertz CT molecular complexity index is 773. The zero-order valence-electron chi connectivity index (χ0n) is 11.8. The molecule has 8 heteroatoms. The second-order valence-electron chi connectivity index (χ2n) is 4.22. The van der Waals surface area contributed by atoms with Crippen molar-refractivity contribution in [3.63, 3.8) is 0 Å². The van der Waals surface area contributed by atoms with Crippen LogP contribution in [0.25, 0.3) is 0 Å². The molecule has 0 spiro atoms. The van der Waals surface area contributed by atoms with Crippen LogP contribution >= 0.6 is 0 Å². The molecule has 5 nitrogen and oxygen atoms in total. The largest absolute Gasteiger partial charge is 0.493 e. The van der Waals surface area contributed by atoms with Crippen LogP contribution in [0.1, 0.15) is 0 Å². The van der Waals surface area contributed by atoms with Gasteiger partial charge in [0, 0.05) is 6.07 Å². The Labute approximate surface area is 126 Å². The molecule has 2 aromatic carbocycles. The molecular formula is C14H13F2NO4S. The number of nitrogens with one attached hydrogen (secondary N) is 1. The first-order valence-electron chi connectivity index (χ1n) is 6.08. The average molecular weight is 329 g/mol. The summed E-state index contributed by atoms with van der Waals surface area (Å²) in [6, 6.07) is 6.86. The van der Waals surface area contributed by atoms with Crippen molar-refractivity contribution in [1.29, 1.82) is 0 Å². The topological polar surface area (TPSA) is 64.6 Å². The summed E-state index contributed by atoms with van der Waals surface area (Å²) in [6.07, 6.45) is 0. The first-order valence-corrected chi connectivity index (χ1v) is 7.56. The molecule has 0 amide bonds. The van der Waals surface area contributed by atoms with E-state index < -0.39 is 27.3 Å². The number of benzene rings is 2. The van der Waals surface area contributed by atoms with Crippen molar-refractivity contribution in [2.45, 2.75) is 4.90 Å². The first kappa shape index (κ1) is 16.0. The number of halogens is 2. The first-order chi connectivity index (χ1) is 10.4. The van der Waals surface area contributed by atoms with Crippen LogP contribution in [0.2, 0.25) is 0 Å². The molecular weight excluding hydrogens is 316 g/mol. The summed E-state index contributed by atoms with van der Waals surface area (Å²) in [6.45, 7) is 0. The molecule has 0 unspecified atom stereocenters. The highest BCUT2D eigenvalue weighted by Crippen LogP contribution is 2.30. The van der Waals surface area contributed by atoms with Gasteiger partial charge in [0.15, 0.2) is 11.5 Å². The van der Waals surface area contributed by atoms with Gasteiger partial charge in [-0.25, -0.2) is 17.2 Å². The van der Waals surface area contributed by atoms with Crippen LogP contribution in [-0.4, -0.2) is 22.6 Å². The quantitative estimate of drug-likeness (QED) is 0.916. The Morgan fingerprint density at radius 3 is 2.09 bits per heavy atom. The van der Waals surface area contributed by atoms with E-state index >= 15 is 0 Å². The Morgan fingerprint density at radius 1 is 0.955 bits per heavy atom. The van der Waals surface area contributed by atoms with Gasteiger partial charge in [-0.15, -0.1) is 0 Å². The van der Waals surface area contributed by atoms with Gasteiger partial charge in [0.25, 0.3) is 10.0 Å². The fraction of sp³-hybridized carbons (Fsp3) is 0.143. The van der Waals surface area contributed by atoms with Crippen molar-refractivity contribution in [3.05, 3.63) is 48.0 Å².